The monoisotopic (exact) mass is 495 g/mol. The number of nitrogens with one attached hydrogen (secondary N) is 3. The molecule has 4 atom stereocenters. The Morgan fingerprint density at radius 2 is 2.09 bits per heavy atom. The summed E-state index contributed by atoms with van der Waals surface area (Å²) < 4.78 is 0. The first-order valence-electron chi connectivity index (χ1n) is 12.4. The largest absolute Gasteiger partial charge is 0.347 e. The number of nitrogens with zero attached hydrogens (tertiary/aromatic N) is 2. The molecular formula is C26H33N5O3S. The maximum Gasteiger partial charge on any atom is 0.326 e. The lowest BCUT2D eigenvalue weighted by Crippen LogP contribution is -2.62. The van der Waals surface area contributed by atoms with E-state index in [0.29, 0.717) is 30.3 Å². The molecule has 4 amide bonds. The van der Waals surface area contributed by atoms with E-state index in [1.54, 1.807) is 4.90 Å². The number of carbonyl (C=O) groups excluding carboxylic acids is 3. The third-order valence-electron chi connectivity index (χ3n) is 7.50. The zero-order valence-electron chi connectivity index (χ0n) is 20.5. The zero-order chi connectivity index (χ0) is 24.9. The number of piperidine rings is 1. The summed E-state index contributed by atoms with van der Waals surface area (Å²) in [5, 5.41) is 9.74. The van der Waals surface area contributed by atoms with Crippen LogP contribution < -0.4 is 20.9 Å². The van der Waals surface area contributed by atoms with E-state index in [4.69, 9.17) is 0 Å². The molecule has 0 aromatic heterocycles. The predicted octanol–water partition coefficient (Wildman–Crippen LogP) is 2.81. The topological polar surface area (TPSA) is 93.8 Å². The Morgan fingerprint density at radius 3 is 2.80 bits per heavy atom. The number of thioether (sulfide) groups is 1. The number of rotatable bonds is 5. The lowest BCUT2D eigenvalue weighted by molar-refractivity contribution is -0.125. The maximum atomic E-state index is 13.4. The van der Waals surface area contributed by atoms with E-state index in [2.05, 4.69) is 61.5 Å². The van der Waals surface area contributed by atoms with E-state index < -0.39 is 0 Å². The molecule has 1 aromatic rings. The molecule has 0 saturated carbocycles. The fourth-order valence-electron chi connectivity index (χ4n) is 5.67. The van der Waals surface area contributed by atoms with E-state index in [-0.39, 0.29) is 41.2 Å². The molecule has 4 aliphatic heterocycles. The summed E-state index contributed by atoms with van der Waals surface area (Å²) in [6.45, 7) is 11.8. The van der Waals surface area contributed by atoms with Crippen LogP contribution in [0.3, 0.4) is 0 Å². The van der Waals surface area contributed by atoms with E-state index in [0.717, 1.165) is 29.9 Å². The fourth-order valence-corrected chi connectivity index (χ4v) is 7.07. The van der Waals surface area contributed by atoms with Gasteiger partial charge in [0, 0.05) is 36.4 Å². The standard InChI is InChI=1S/C26H33N5O3S/c1-5-20(32)30-11-9-17(13-30)28-24(33)23-22-21-19(8-10-27-25(21)35-23)31(26(34)29-22)18-7-6-16(14(2)3)12-15(18)4/h5-7,12,14,17,19,21,25,27H,1,8-11,13H2,2-4H3,(H,28,33)(H,29,34)/t17-,19?,21?,25?/m1/s1. The van der Waals surface area contributed by atoms with Gasteiger partial charge in [-0.15, -0.1) is 0 Å². The predicted molar refractivity (Wildman–Crippen MR) is 138 cm³/mol. The van der Waals surface area contributed by atoms with Gasteiger partial charge in [0.2, 0.25) is 5.91 Å². The van der Waals surface area contributed by atoms with Crippen LogP contribution in [-0.2, 0) is 9.59 Å². The highest BCUT2D eigenvalue weighted by Crippen LogP contribution is 2.48. The van der Waals surface area contributed by atoms with Crippen molar-refractivity contribution in [1.29, 1.82) is 0 Å². The van der Waals surface area contributed by atoms with Crippen molar-refractivity contribution < 1.29 is 14.4 Å². The number of carbonyl (C=O) groups is 3. The van der Waals surface area contributed by atoms with Crippen LogP contribution in [0.25, 0.3) is 0 Å². The van der Waals surface area contributed by atoms with Gasteiger partial charge in [-0.25, -0.2) is 4.79 Å². The second-order valence-electron chi connectivity index (χ2n) is 10.1. The number of anilines is 1. The van der Waals surface area contributed by atoms with Crippen molar-refractivity contribution in [2.45, 2.75) is 57.0 Å². The van der Waals surface area contributed by atoms with Gasteiger partial charge >= 0.3 is 6.03 Å². The molecule has 3 N–H and O–H groups in total. The first-order chi connectivity index (χ1) is 16.8. The first kappa shape index (κ1) is 23.9. The quantitative estimate of drug-likeness (QED) is 0.546. The number of hydrogen-bond donors (Lipinski definition) is 3. The molecule has 0 aliphatic carbocycles. The van der Waals surface area contributed by atoms with Gasteiger partial charge in [-0.3, -0.25) is 14.5 Å². The smallest absolute Gasteiger partial charge is 0.326 e. The van der Waals surface area contributed by atoms with Gasteiger partial charge in [0.05, 0.1) is 16.3 Å². The van der Waals surface area contributed by atoms with Crippen molar-refractivity contribution in [3.8, 4) is 0 Å². The Balaban J connectivity index is 1.38. The average Bonchev–Trinajstić information content (AvgIpc) is 3.45. The summed E-state index contributed by atoms with van der Waals surface area (Å²) in [4.78, 5) is 42.8. The molecule has 4 heterocycles. The minimum absolute atomic E-state index is 0.0128. The van der Waals surface area contributed by atoms with Crippen LogP contribution in [0.5, 0.6) is 0 Å². The highest BCUT2D eigenvalue weighted by Gasteiger charge is 2.52. The molecule has 0 radical (unpaired) electrons. The van der Waals surface area contributed by atoms with Gasteiger partial charge in [0.15, 0.2) is 0 Å². The number of amides is 4. The minimum Gasteiger partial charge on any atom is -0.347 e. The van der Waals surface area contributed by atoms with Crippen molar-refractivity contribution in [2.75, 3.05) is 24.5 Å². The van der Waals surface area contributed by atoms with Gasteiger partial charge in [-0.1, -0.05) is 44.3 Å². The van der Waals surface area contributed by atoms with Crippen LogP contribution in [0.4, 0.5) is 10.5 Å². The van der Waals surface area contributed by atoms with Crippen molar-refractivity contribution in [2.24, 2.45) is 5.92 Å². The molecular weight excluding hydrogens is 462 g/mol. The highest BCUT2D eigenvalue weighted by molar-refractivity contribution is 8.04. The Morgan fingerprint density at radius 1 is 1.29 bits per heavy atom. The lowest BCUT2D eigenvalue weighted by atomic mass is 9.86. The molecule has 1 aromatic carbocycles. The van der Waals surface area contributed by atoms with Crippen LogP contribution in [0.2, 0.25) is 0 Å². The summed E-state index contributed by atoms with van der Waals surface area (Å²) in [5.74, 6) is 0.140. The van der Waals surface area contributed by atoms with E-state index in [1.165, 1.54) is 23.4 Å². The van der Waals surface area contributed by atoms with E-state index in [1.807, 2.05) is 4.90 Å². The highest BCUT2D eigenvalue weighted by atomic mass is 32.2. The SMILES string of the molecule is C=CC(=O)N1CC[C@@H](NC(=O)C2=C3NC(=O)N(c4ccc(C(C)C)cc4C)C4CCNC(S2)C34)C1. The molecule has 5 rings (SSSR count). The summed E-state index contributed by atoms with van der Waals surface area (Å²) >= 11 is 1.50. The third kappa shape index (κ3) is 4.25. The molecule has 9 heteroatoms. The van der Waals surface area contributed by atoms with Crippen LogP contribution in [0.1, 0.15) is 43.7 Å². The van der Waals surface area contributed by atoms with Gasteiger partial charge in [0.25, 0.3) is 5.91 Å². The van der Waals surface area contributed by atoms with Crippen LogP contribution >= 0.6 is 11.8 Å². The van der Waals surface area contributed by atoms with Crippen molar-refractivity contribution in [3.05, 3.63) is 52.6 Å². The third-order valence-corrected chi connectivity index (χ3v) is 8.86. The molecule has 3 unspecified atom stereocenters. The molecule has 186 valence electrons. The number of urea groups is 1. The van der Waals surface area contributed by atoms with Gasteiger partial charge in [-0.2, -0.15) is 0 Å². The van der Waals surface area contributed by atoms with Crippen LogP contribution in [0, 0.1) is 12.8 Å². The number of aryl methyl sites for hydroxylation is 1. The van der Waals surface area contributed by atoms with Crippen LogP contribution in [0.15, 0.2) is 41.5 Å². The minimum atomic E-state index is -0.182. The molecule has 3 saturated heterocycles. The summed E-state index contributed by atoms with van der Waals surface area (Å²) in [5.41, 5.74) is 3.99. The molecule has 3 fully saturated rings. The van der Waals surface area contributed by atoms with Gasteiger partial charge < -0.3 is 20.9 Å². The Bertz CT molecular complexity index is 1120. The second kappa shape index (κ2) is 9.35. The first-order valence-corrected chi connectivity index (χ1v) is 13.2. The summed E-state index contributed by atoms with van der Waals surface area (Å²) in [6, 6.07) is 6.03. The molecule has 35 heavy (non-hydrogen) atoms. The zero-order valence-corrected chi connectivity index (χ0v) is 21.3. The molecule has 8 nitrogen and oxygen atoms in total. The van der Waals surface area contributed by atoms with Crippen molar-refractivity contribution >= 4 is 35.3 Å². The number of benzene rings is 1. The van der Waals surface area contributed by atoms with Crippen LogP contribution in [-0.4, -0.2) is 59.8 Å². The average molecular weight is 496 g/mol. The summed E-state index contributed by atoms with van der Waals surface area (Å²) in [6.07, 6.45) is 2.83. The normalized spacial score (nSPS) is 27.7. The number of likely N-dealkylation sites (tertiary alicyclic amines) is 1. The van der Waals surface area contributed by atoms with Crippen molar-refractivity contribution in [3.63, 3.8) is 0 Å². The van der Waals surface area contributed by atoms with Gasteiger partial charge in [-0.05, 0) is 55.5 Å². The molecule has 0 bridgehead atoms. The second-order valence-corrected chi connectivity index (χ2v) is 11.2. The van der Waals surface area contributed by atoms with E-state index in [9.17, 15) is 14.4 Å². The Kier molecular flexibility index (Phi) is 6.40. The van der Waals surface area contributed by atoms with Gasteiger partial charge in [0.1, 0.15) is 0 Å². The maximum absolute atomic E-state index is 13.4. The van der Waals surface area contributed by atoms with E-state index >= 15 is 0 Å². The molecule has 0 spiro atoms. The molecule has 4 aliphatic rings. The Labute approximate surface area is 210 Å². The number of hydrogen-bond acceptors (Lipinski definition) is 5. The summed E-state index contributed by atoms with van der Waals surface area (Å²) in [7, 11) is 0. The fraction of sp³-hybridized carbons (Fsp3) is 0.500. The lowest BCUT2D eigenvalue weighted by Gasteiger charge is -2.46. The van der Waals surface area contributed by atoms with Crippen molar-refractivity contribution in [1.82, 2.24) is 20.9 Å². The Hall–Kier alpha value is -2.78.